The monoisotopic (exact) mass is 269 g/mol. The maximum Gasteiger partial charge on any atom is 0.258 e. The van der Waals surface area contributed by atoms with Crippen LogP contribution in [0.4, 0.5) is 5.69 Å². The van der Waals surface area contributed by atoms with Gasteiger partial charge in [0, 0.05) is 36.7 Å². The number of nitrogens with two attached hydrogens (primary N) is 1. The molecule has 0 saturated heterocycles. The predicted octanol–water partition coefficient (Wildman–Crippen LogP) is 2.60. The van der Waals surface area contributed by atoms with Crippen LogP contribution in [-0.4, -0.2) is 17.4 Å². The van der Waals surface area contributed by atoms with E-state index in [2.05, 4.69) is 11.9 Å². The highest BCUT2D eigenvalue weighted by atomic mass is 16.2. The molecule has 4 heteroatoms. The lowest BCUT2D eigenvalue weighted by atomic mass is 10.1. The third kappa shape index (κ3) is 3.22. The molecule has 1 heterocycles. The SMILES string of the molecule is CCCN(C(=O)c1ccncc1)c1ccc(CN)cc1. The lowest BCUT2D eigenvalue weighted by Gasteiger charge is -2.22. The third-order valence-corrected chi connectivity index (χ3v) is 3.10. The van der Waals surface area contributed by atoms with Gasteiger partial charge in [-0.2, -0.15) is 0 Å². The number of hydrogen-bond acceptors (Lipinski definition) is 3. The molecule has 2 rings (SSSR count). The van der Waals surface area contributed by atoms with Crippen LogP contribution in [0.15, 0.2) is 48.8 Å². The van der Waals surface area contributed by atoms with Gasteiger partial charge in [0.25, 0.3) is 5.91 Å². The first kappa shape index (κ1) is 14.2. The number of amides is 1. The van der Waals surface area contributed by atoms with Gasteiger partial charge in [0.1, 0.15) is 0 Å². The second-order valence-corrected chi connectivity index (χ2v) is 4.56. The van der Waals surface area contributed by atoms with Gasteiger partial charge in [0.15, 0.2) is 0 Å². The van der Waals surface area contributed by atoms with Crippen molar-refractivity contribution >= 4 is 11.6 Å². The normalized spacial score (nSPS) is 10.3. The molecule has 0 unspecified atom stereocenters. The first-order chi connectivity index (χ1) is 9.76. The van der Waals surface area contributed by atoms with Crippen LogP contribution in [0.3, 0.4) is 0 Å². The van der Waals surface area contributed by atoms with E-state index in [9.17, 15) is 4.79 Å². The molecular formula is C16H19N3O. The molecular weight excluding hydrogens is 250 g/mol. The van der Waals surface area contributed by atoms with Crippen LogP contribution in [0, 0.1) is 0 Å². The van der Waals surface area contributed by atoms with Gasteiger partial charge in [-0.25, -0.2) is 0 Å². The summed E-state index contributed by atoms with van der Waals surface area (Å²) in [6, 6.07) is 11.3. The van der Waals surface area contributed by atoms with Gasteiger partial charge < -0.3 is 10.6 Å². The van der Waals surface area contributed by atoms with Crippen molar-refractivity contribution in [2.75, 3.05) is 11.4 Å². The average molecular weight is 269 g/mol. The summed E-state index contributed by atoms with van der Waals surface area (Å²) in [5.41, 5.74) is 8.20. The predicted molar refractivity (Wildman–Crippen MR) is 80.5 cm³/mol. The summed E-state index contributed by atoms with van der Waals surface area (Å²) in [7, 11) is 0. The lowest BCUT2D eigenvalue weighted by Crippen LogP contribution is -2.31. The molecule has 1 aromatic carbocycles. The van der Waals surface area contributed by atoms with E-state index in [0.717, 1.165) is 17.7 Å². The van der Waals surface area contributed by atoms with Crippen LogP contribution in [-0.2, 0) is 6.54 Å². The van der Waals surface area contributed by atoms with Crippen LogP contribution in [0.1, 0.15) is 29.3 Å². The molecule has 0 aliphatic heterocycles. The molecule has 0 bridgehead atoms. The molecule has 1 amide bonds. The number of carbonyl (C=O) groups excluding carboxylic acids is 1. The fourth-order valence-corrected chi connectivity index (χ4v) is 2.03. The number of rotatable bonds is 5. The zero-order valence-corrected chi connectivity index (χ0v) is 11.6. The fraction of sp³-hybridized carbons (Fsp3) is 0.250. The van der Waals surface area contributed by atoms with Crippen LogP contribution in [0.5, 0.6) is 0 Å². The van der Waals surface area contributed by atoms with Crippen molar-refractivity contribution in [3.8, 4) is 0 Å². The minimum absolute atomic E-state index is 0.00486. The Morgan fingerprint density at radius 2 is 1.80 bits per heavy atom. The summed E-state index contributed by atoms with van der Waals surface area (Å²) in [5.74, 6) is -0.00486. The Morgan fingerprint density at radius 3 is 2.35 bits per heavy atom. The van der Waals surface area contributed by atoms with Crippen molar-refractivity contribution in [3.63, 3.8) is 0 Å². The molecule has 104 valence electrons. The van der Waals surface area contributed by atoms with E-state index < -0.39 is 0 Å². The van der Waals surface area contributed by atoms with E-state index in [0.29, 0.717) is 18.7 Å². The molecule has 0 radical (unpaired) electrons. The maximum atomic E-state index is 12.6. The summed E-state index contributed by atoms with van der Waals surface area (Å²) < 4.78 is 0. The van der Waals surface area contributed by atoms with Crippen LogP contribution in [0.25, 0.3) is 0 Å². The number of nitrogens with zero attached hydrogens (tertiary/aromatic N) is 2. The smallest absolute Gasteiger partial charge is 0.258 e. The van der Waals surface area contributed by atoms with E-state index >= 15 is 0 Å². The quantitative estimate of drug-likeness (QED) is 0.907. The van der Waals surface area contributed by atoms with E-state index in [4.69, 9.17) is 5.73 Å². The van der Waals surface area contributed by atoms with Crippen LogP contribution in [0.2, 0.25) is 0 Å². The minimum Gasteiger partial charge on any atom is -0.326 e. The van der Waals surface area contributed by atoms with E-state index in [-0.39, 0.29) is 5.91 Å². The van der Waals surface area contributed by atoms with Gasteiger partial charge in [-0.1, -0.05) is 19.1 Å². The Hall–Kier alpha value is -2.20. The molecule has 0 saturated carbocycles. The summed E-state index contributed by atoms with van der Waals surface area (Å²) in [6.45, 7) is 3.25. The Kier molecular flexibility index (Phi) is 4.85. The number of hydrogen-bond donors (Lipinski definition) is 1. The van der Waals surface area contributed by atoms with Crippen LogP contribution < -0.4 is 10.6 Å². The van der Waals surface area contributed by atoms with Gasteiger partial charge in [-0.3, -0.25) is 9.78 Å². The molecule has 2 N–H and O–H groups in total. The summed E-state index contributed by atoms with van der Waals surface area (Å²) in [6.07, 6.45) is 4.17. The molecule has 0 fully saturated rings. The standard InChI is InChI=1S/C16H19N3O/c1-2-11-19(15-5-3-13(12-17)4-6-15)16(20)14-7-9-18-10-8-14/h3-10H,2,11-12,17H2,1H3. The fourth-order valence-electron chi connectivity index (χ4n) is 2.03. The molecule has 0 spiro atoms. The summed E-state index contributed by atoms with van der Waals surface area (Å²) in [4.78, 5) is 18.3. The highest BCUT2D eigenvalue weighted by Gasteiger charge is 2.16. The molecule has 0 aliphatic rings. The van der Waals surface area contributed by atoms with Crippen molar-refractivity contribution < 1.29 is 4.79 Å². The van der Waals surface area contributed by atoms with E-state index in [1.165, 1.54) is 0 Å². The maximum absolute atomic E-state index is 12.6. The van der Waals surface area contributed by atoms with Crippen LogP contribution >= 0.6 is 0 Å². The number of benzene rings is 1. The Morgan fingerprint density at radius 1 is 1.15 bits per heavy atom. The van der Waals surface area contributed by atoms with Crippen molar-refractivity contribution in [1.82, 2.24) is 4.98 Å². The summed E-state index contributed by atoms with van der Waals surface area (Å²) in [5, 5.41) is 0. The Bertz CT molecular complexity index is 552. The Balaban J connectivity index is 2.28. The number of anilines is 1. The van der Waals surface area contributed by atoms with Gasteiger partial charge in [0.05, 0.1) is 0 Å². The van der Waals surface area contributed by atoms with Gasteiger partial charge in [0.2, 0.25) is 0 Å². The molecule has 1 aromatic heterocycles. The molecule has 0 atom stereocenters. The van der Waals surface area contributed by atoms with Crippen molar-refractivity contribution in [1.29, 1.82) is 0 Å². The van der Waals surface area contributed by atoms with Crippen molar-refractivity contribution in [2.24, 2.45) is 5.73 Å². The number of carbonyl (C=O) groups is 1. The third-order valence-electron chi connectivity index (χ3n) is 3.10. The number of aromatic nitrogens is 1. The average Bonchev–Trinajstić information content (AvgIpc) is 2.53. The molecule has 2 aromatic rings. The van der Waals surface area contributed by atoms with Crippen molar-refractivity contribution in [3.05, 3.63) is 59.9 Å². The zero-order chi connectivity index (χ0) is 14.4. The molecule has 4 nitrogen and oxygen atoms in total. The first-order valence-electron chi connectivity index (χ1n) is 6.77. The Labute approximate surface area is 119 Å². The number of pyridine rings is 1. The van der Waals surface area contributed by atoms with Gasteiger partial charge in [-0.15, -0.1) is 0 Å². The van der Waals surface area contributed by atoms with Gasteiger partial charge in [-0.05, 0) is 36.2 Å². The highest BCUT2D eigenvalue weighted by molar-refractivity contribution is 6.05. The second kappa shape index (κ2) is 6.82. The van der Waals surface area contributed by atoms with E-state index in [1.807, 2.05) is 24.3 Å². The van der Waals surface area contributed by atoms with Crippen molar-refractivity contribution in [2.45, 2.75) is 19.9 Å². The highest BCUT2D eigenvalue weighted by Crippen LogP contribution is 2.18. The second-order valence-electron chi connectivity index (χ2n) is 4.56. The van der Waals surface area contributed by atoms with E-state index in [1.54, 1.807) is 29.4 Å². The van der Waals surface area contributed by atoms with Gasteiger partial charge >= 0.3 is 0 Å². The molecule has 0 aliphatic carbocycles. The first-order valence-corrected chi connectivity index (χ1v) is 6.77. The topological polar surface area (TPSA) is 59.2 Å². The largest absolute Gasteiger partial charge is 0.326 e. The summed E-state index contributed by atoms with van der Waals surface area (Å²) >= 11 is 0. The zero-order valence-electron chi connectivity index (χ0n) is 11.6. The lowest BCUT2D eigenvalue weighted by molar-refractivity contribution is 0.0987. The molecule has 20 heavy (non-hydrogen) atoms. The minimum atomic E-state index is -0.00486.